The number of rotatable bonds is 4. The van der Waals surface area contributed by atoms with Crippen LogP contribution in [0.15, 0.2) is 12.1 Å². The molecule has 0 fully saturated rings. The average molecular weight is 261 g/mol. The summed E-state index contributed by atoms with van der Waals surface area (Å²) >= 11 is 0. The SMILES string of the molecule is Cc1cc(C)c(C(C)NCC(C)C(C)(C)C)c(C)c1. The van der Waals surface area contributed by atoms with Crippen LogP contribution in [0, 0.1) is 32.1 Å². The average Bonchev–Trinajstić information content (AvgIpc) is 2.22. The summed E-state index contributed by atoms with van der Waals surface area (Å²) in [4.78, 5) is 0. The van der Waals surface area contributed by atoms with E-state index in [2.05, 4.69) is 72.8 Å². The number of aryl methyl sites for hydroxylation is 3. The first-order chi connectivity index (χ1) is 8.62. The van der Waals surface area contributed by atoms with Gasteiger partial charge in [0.1, 0.15) is 0 Å². The van der Waals surface area contributed by atoms with Gasteiger partial charge in [-0.2, -0.15) is 0 Å². The van der Waals surface area contributed by atoms with Gasteiger partial charge in [0.25, 0.3) is 0 Å². The smallest absolute Gasteiger partial charge is 0.0297 e. The Kier molecular flexibility index (Phi) is 5.20. The van der Waals surface area contributed by atoms with Gasteiger partial charge in [-0.3, -0.25) is 0 Å². The molecule has 0 heterocycles. The lowest BCUT2D eigenvalue weighted by atomic mass is 9.82. The zero-order chi connectivity index (χ0) is 14.8. The fourth-order valence-corrected chi connectivity index (χ4v) is 2.64. The van der Waals surface area contributed by atoms with Crippen molar-refractivity contribution in [2.24, 2.45) is 11.3 Å². The Labute approximate surface area is 119 Å². The molecule has 0 spiro atoms. The predicted molar refractivity (Wildman–Crippen MR) is 85.7 cm³/mol. The first kappa shape index (κ1) is 16.2. The van der Waals surface area contributed by atoms with Crippen molar-refractivity contribution in [3.63, 3.8) is 0 Å². The van der Waals surface area contributed by atoms with Crippen molar-refractivity contribution in [1.29, 1.82) is 0 Å². The first-order valence-electron chi connectivity index (χ1n) is 7.44. The zero-order valence-corrected chi connectivity index (χ0v) is 14.0. The van der Waals surface area contributed by atoms with E-state index < -0.39 is 0 Å². The molecule has 0 aliphatic heterocycles. The minimum atomic E-state index is 0.365. The van der Waals surface area contributed by atoms with Crippen molar-refractivity contribution in [3.05, 3.63) is 34.4 Å². The fraction of sp³-hybridized carbons (Fsp3) is 0.667. The van der Waals surface area contributed by atoms with E-state index in [9.17, 15) is 0 Å². The Balaban J connectivity index is 2.77. The lowest BCUT2D eigenvalue weighted by Gasteiger charge is -2.29. The van der Waals surface area contributed by atoms with Crippen LogP contribution in [0.2, 0.25) is 0 Å². The van der Waals surface area contributed by atoms with Crippen LogP contribution < -0.4 is 5.32 Å². The van der Waals surface area contributed by atoms with Crippen molar-refractivity contribution < 1.29 is 0 Å². The number of hydrogen-bond donors (Lipinski definition) is 1. The summed E-state index contributed by atoms with van der Waals surface area (Å²) in [7, 11) is 0. The molecule has 0 aliphatic carbocycles. The maximum atomic E-state index is 3.71. The van der Waals surface area contributed by atoms with Crippen LogP contribution in [0.4, 0.5) is 0 Å². The van der Waals surface area contributed by atoms with E-state index in [-0.39, 0.29) is 0 Å². The Morgan fingerprint density at radius 3 is 1.89 bits per heavy atom. The molecule has 0 amide bonds. The summed E-state index contributed by atoms with van der Waals surface area (Å²) in [5.74, 6) is 0.668. The fourth-order valence-electron chi connectivity index (χ4n) is 2.64. The lowest BCUT2D eigenvalue weighted by Crippen LogP contribution is -2.31. The van der Waals surface area contributed by atoms with Crippen LogP contribution in [-0.4, -0.2) is 6.54 Å². The Hall–Kier alpha value is -0.820. The Morgan fingerprint density at radius 1 is 1.00 bits per heavy atom. The zero-order valence-electron chi connectivity index (χ0n) is 14.0. The van der Waals surface area contributed by atoms with E-state index >= 15 is 0 Å². The minimum absolute atomic E-state index is 0.365. The van der Waals surface area contributed by atoms with Crippen molar-refractivity contribution in [2.45, 2.75) is 61.4 Å². The molecular weight excluding hydrogens is 230 g/mol. The maximum Gasteiger partial charge on any atom is 0.0297 e. The van der Waals surface area contributed by atoms with E-state index in [4.69, 9.17) is 0 Å². The molecular formula is C18H31N. The van der Waals surface area contributed by atoms with Gasteiger partial charge < -0.3 is 5.32 Å². The van der Waals surface area contributed by atoms with Gasteiger partial charge in [0.05, 0.1) is 0 Å². The number of benzene rings is 1. The second-order valence-electron chi connectivity index (χ2n) is 7.21. The molecule has 1 aromatic rings. The second kappa shape index (κ2) is 6.09. The van der Waals surface area contributed by atoms with Gasteiger partial charge >= 0.3 is 0 Å². The van der Waals surface area contributed by atoms with Gasteiger partial charge in [0.2, 0.25) is 0 Å². The quantitative estimate of drug-likeness (QED) is 0.809. The van der Waals surface area contributed by atoms with Crippen molar-refractivity contribution in [2.75, 3.05) is 6.54 Å². The number of hydrogen-bond acceptors (Lipinski definition) is 1. The maximum absolute atomic E-state index is 3.71. The highest BCUT2D eigenvalue weighted by atomic mass is 14.9. The van der Waals surface area contributed by atoms with E-state index in [1.54, 1.807) is 0 Å². The predicted octanol–water partition coefficient (Wildman–Crippen LogP) is 4.94. The van der Waals surface area contributed by atoms with Crippen LogP contribution in [0.3, 0.4) is 0 Å². The molecule has 0 aromatic heterocycles. The first-order valence-corrected chi connectivity index (χ1v) is 7.44. The molecule has 1 heteroatoms. The highest BCUT2D eigenvalue weighted by Gasteiger charge is 2.21. The van der Waals surface area contributed by atoms with Gasteiger partial charge in [0.15, 0.2) is 0 Å². The van der Waals surface area contributed by atoms with Gasteiger partial charge in [-0.25, -0.2) is 0 Å². The molecule has 0 radical (unpaired) electrons. The summed E-state index contributed by atoms with van der Waals surface area (Å²) in [5, 5.41) is 3.71. The third kappa shape index (κ3) is 4.35. The number of nitrogens with one attached hydrogen (secondary N) is 1. The molecule has 0 saturated heterocycles. The highest BCUT2D eigenvalue weighted by Crippen LogP contribution is 2.27. The molecule has 1 aromatic carbocycles. The second-order valence-corrected chi connectivity index (χ2v) is 7.21. The van der Waals surface area contributed by atoms with Crippen LogP contribution in [0.25, 0.3) is 0 Å². The van der Waals surface area contributed by atoms with E-state index in [1.807, 2.05) is 0 Å². The van der Waals surface area contributed by atoms with Crippen molar-refractivity contribution in [1.82, 2.24) is 5.32 Å². The van der Waals surface area contributed by atoms with Gasteiger partial charge in [-0.1, -0.05) is 45.4 Å². The van der Waals surface area contributed by atoms with Crippen LogP contribution >= 0.6 is 0 Å². The van der Waals surface area contributed by atoms with Crippen LogP contribution in [0.1, 0.15) is 62.9 Å². The minimum Gasteiger partial charge on any atom is -0.310 e. The van der Waals surface area contributed by atoms with E-state index in [0.717, 1.165) is 6.54 Å². The monoisotopic (exact) mass is 261 g/mol. The normalized spacial score (nSPS) is 15.4. The third-order valence-corrected chi connectivity index (χ3v) is 4.38. The molecule has 19 heavy (non-hydrogen) atoms. The molecule has 2 atom stereocenters. The van der Waals surface area contributed by atoms with Crippen molar-refractivity contribution in [3.8, 4) is 0 Å². The van der Waals surface area contributed by atoms with Gasteiger partial charge in [0, 0.05) is 6.04 Å². The highest BCUT2D eigenvalue weighted by molar-refractivity contribution is 5.39. The summed E-state index contributed by atoms with van der Waals surface area (Å²) in [6, 6.07) is 4.99. The van der Waals surface area contributed by atoms with Crippen molar-refractivity contribution >= 4 is 0 Å². The van der Waals surface area contributed by atoms with Crippen LogP contribution in [-0.2, 0) is 0 Å². The molecule has 2 unspecified atom stereocenters. The lowest BCUT2D eigenvalue weighted by molar-refractivity contribution is 0.247. The third-order valence-electron chi connectivity index (χ3n) is 4.38. The van der Waals surface area contributed by atoms with Gasteiger partial charge in [-0.05, 0) is 62.3 Å². The Bertz CT molecular complexity index is 403. The molecule has 1 nitrogen and oxygen atoms in total. The summed E-state index contributed by atoms with van der Waals surface area (Å²) in [6.07, 6.45) is 0. The molecule has 0 saturated carbocycles. The molecule has 0 bridgehead atoms. The summed E-state index contributed by atoms with van der Waals surface area (Å²) in [5.41, 5.74) is 5.99. The summed E-state index contributed by atoms with van der Waals surface area (Å²) < 4.78 is 0. The molecule has 108 valence electrons. The molecule has 1 N–H and O–H groups in total. The van der Waals surface area contributed by atoms with E-state index in [1.165, 1.54) is 22.3 Å². The van der Waals surface area contributed by atoms with E-state index in [0.29, 0.717) is 17.4 Å². The molecule has 1 rings (SSSR count). The van der Waals surface area contributed by atoms with Gasteiger partial charge in [-0.15, -0.1) is 0 Å². The topological polar surface area (TPSA) is 12.0 Å². The van der Waals surface area contributed by atoms with Crippen LogP contribution in [0.5, 0.6) is 0 Å². The summed E-state index contributed by atoms with van der Waals surface area (Å²) in [6.45, 7) is 19.2. The Morgan fingerprint density at radius 2 is 1.47 bits per heavy atom. The standard InChI is InChI=1S/C18H31N/c1-12-9-13(2)17(14(3)10-12)16(5)19-11-15(4)18(6,7)8/h9-10,15-16,19H,11H2,1-8H3. The largest absolute Gasteiger partial charge is 0.310 e. The molecule has 0 aliphatic rings.